The number of benzene rings is 1. The number of thioether (sulfide) groups is 1. The van der Waals surface area contributed by atoms with Gasteiger partial charge in [-0.15, -0.1) is 0 Å². The Labute approximate surface area is 159 Å². The van der Waals surface area contributed by atoms with E-state index >= 15 is 0 Å². The van der Waals surface area contributed by atoms with Crippen molar-refractivity contribution in [3.63, 3.8) is 0 Å². The summed E-state index contributed by atoms with van der Waals surface area (Å²) >= 11 is 8.14. The molecule has 3 N–H and O–H groups in total. The Balaban J connectivity index is 1.71. The molecule has 0 aromatic heterocycles. The van der Waals surface area contributed by atoms with Gasteiger partial charge in [-0.2, -0.15) is 11.8 Å². The van der Waals surface area contributed by atoms with Gasteiger partial charge < -0.3 is 16.0 Å². The molecular formula is C18H27ClN4OS. The number of rotatable bonds is 6. The Morgan fingerprint density at radius 2 is 2.20 bits per heavy atom. The Hall–Kier alpha value is -1.40. The third-order valence-corrected chi connectivity index (χ3v) is 6.05. The third kappa shape index (κ3) is 6.44. The highest BCUT2D eigenvalue weighted by molar-refractivity contribution is 8.00. The average Bonchev–Trinajstić information content (AvgIpc) is 3.00. The van der Waals surface area contributed by atoms with E-state index in [-0.39, 0.29) is 10.7 Å². The molecule has 138 valence electrons. The van der Waals surface area contributed by atoms with Crippen LogP contribution in [0.5, 0.6) is 0 Å². The van der Waals surface area contributed by atoms with E-state index in [9.17, 15) is 4.79 Å². The molecule has 1 amide bonds. The maximum atomic E-state index is 12.1. The van der Waals surface area contributed by atoms with Crippen molar-refractivity contribution in [1.82, 2.24) is 10.6 Å². The quantitative estimate of drug-likeness (QED) is 0.521. The first kappa shape index (κ1) is 19.9. The zero-order valence-electron chi connectivity index (χ0n) is 15.1. The first-order chi connectivity index (χ1) is 11.9. The van der Waals surface area contributed by atoms with Crippen LogP contribution in [0.25, 0.3) is 0 Å². The number of amides is 1. The largest absolute Gasteiger partial charge is 0.356 e. The third-order valence-electron chi connectivity index (χ3n) is 4.20. The van der Waals surface area contributed by atoms with Crippen LogP contribution < -0.4 is 16.0 Å². The molecule has 5 nitrogen and oxygen atoms in total. The summed E-state index contributed by atoms with van der Waals surface area (Å²) in [7, 11) is 1.74. The summed E-state index contributed by atoms with van der Waals surface area (Å²) < 4.78 is 0.275. The molecule has 1 aromatic carbocycles. The second-order valence-corrected chi connectivity index (χ2v) is 8.63. The molecule has 1 unspecified atom stereocenters. The number of anilines is 1. The van der Waals surface area contributed by atoms with Gasteiger partial charge in [0.1, 0.15) is 0 Å². The van der Waals surface area contributed by atoms with Crippen LogP contribution in [-0.2, 0) is 4.79 Å². The number of aliphatic imine (C=N–C) groups is 1. The van der Waals surface area contributed by atoms with Crippen LogP contribution in [0.2, 0.25) is 5.02 Å². The molecule has 1 atom stereocenters. The first-order valence-electron chi connectivity index (χ1n) is 8.56. The lowest BCUT2D eigenvalue weighted by atomic mass is 10.1. The molecule has 2 rings (SSSR count). The highest BCUT2D eigenvalue weighted by atomic mass is 35.5. The topological polar surface area (TPSA) is 65.5 Å². The van der Waals surface area contributed by atoms with Gasteiger partial charge in [-0.3, -0.25) is 9.79 Å². The monoisotopic (exact) mass is 382 g/mol. The van der Waals surface area contributed by atoms with Crippen molar-refractivity contribution in [2.75, 3.05) is 31.2 Å². The van der Waals surface area contributed by atoms with E-state index in [0.717, 1.165) is 18.1 Å². The van der Waals surface area contributed by atoms with Gasteiger partial charge in [0.15, 0.2) is 5.96 Å². The van der Waals surface area contributed by atoms with Crippen molar-refractivity contribution in [1.29, 1.82) is 0 Å². The van der Waals surface area contributed by atoms with Crippen molar-refractivity contribution >= 4 is 40.9 Å². The van der Waals surface area contributed by atoms with Gasteiger partial charge in [0.25, 0.3) is 0 Å². The van der Waals surface area contributed by atoms with E-state index in [0.29, 0.717) is 23.7 Å². The second-order valence-electron chi connectivity index (χ2n) is 6.54. The molecule has 0 spiro atoms. The molecule has 7 heteroatoms. The second kappa shape index (κ2) is 9.34. The van der Waals surface area contributed by atoms with E-state index in [4.69, 9.17) is 11.6 Å². The van der Waals surface area contributed by atoms with E-state index in [1.807, 2.05) is 36.9 Å². The van der Waals surface area contributed by atoms with Crippen LogP contribution in [0.4, 0.5) is 5.69 Å². The molecule has 0 saturated carbocycles. The normalized spacial score (nSPS) is 20.4. The number of nitrogens with zero attached hydrogens (tertiary/aromatic N) is 1. The highest BCUT2D eigenvalue weighted by Gasteiger charge is 2.29. The summed E-state index contributed by atoms with van der Waals surface area (Å²) in [4.78, 5) is 16.3. The number of carbonyl (C=O) groups excluding carboxylic acids is 1. The Morgan fingerprint density at radius 3 is 2.84 bits per heavy atom. The van der Waals surface area contributed by atoms with E-state index in [2.05, 4.69) is 27.9 Å². The predicted molar refractivity (Wildman–Crippen MR) is 109 cm³/mol. The minimum Gasteiger partial charge on any atom is -0.356 e. The molecule has 1 aliphatic rings. The van der Waals surface area contributed by atoms with Crippen LogP contribution in [0.15, 0.2) is 23.2 Å². The number of nitrogens with one attached hydrogen (secondary N) is 3. The van der Waals surface area contributed by atoms with Gasteiger partial charge in [0.05, 0.1) is 10.7 Å². The summed E-state index contributed by atoms with van der Waals surface area (Å²) in [5.74, 6) is 1.88. The molecule has 1 aliphatic heterocycles. The standard InChI is InChI=1S/C18H27ClN4OS/c1-13-5-6-15(14(19)11-13)23-16(24)7-9-21-17(20-3)22-12-18(2)8-4-10-25-18/h5-6,11H,4,7-10,12H2,1-3H3,(H,23,24)(H2,20,21,22). The fourth-order valence-corrected chi connectivity index (χ4v) is 4.22. The lowest BCUT2D eigenvalue weighted by Gasteiger charge is -2.24. The van der Waals surface area contributed by atoms with E-state index in [1.54, 1.807) is 7.05 Å². The number of carbonyl (C=O) groups is 1. The van der Waals surface area contributed by atoms with Crippen LogP contribution in [-0.4, -0.2) is 42.5 Å². The van der Waals surface area contributed by atoms with Crippen LogP contribution in [0, 0.1) is 6.92 Å². The number of hydrogen-bond donors (Lipinski definition) is 3. The molecule has 0 bridgehead atoms. The first-order valence-corrected chi connectivity index (χ1v) is 9.93. The molecular weight excluding hydrogens is 356 g/mol. The summed E-state index contributed by atoms with van der Waals surface area (Å²) in [6.07, 6.45) is 2.84. The predicted octanol–water partition coefficient (Wildman–Crippen LogP) is 3.43. The van der Waals surface area contributed by atoms with Crippen LogP contribution in [0.1, 0.15) is 31.7 Å². The minimum atomic E-state index is -0.0768. The molecule has 0 aliphatic carbocycles. The van der Waals surface area contributed by atoms with Crippen LogP contribution >= 0.6 is 23.4 Å². The highest BCUT2D eigenvalue weighted by Crippen LogP contribution is 2.36. The van der Waals surface area contributed by atoms with Gasteiger partial charge in [-0.25, -0.2) is 0 Å². The maximum Gasteiger partial charge on any atom is 0.226 e. The zero-order valence-corrected chi connectivity index (χ0v) is 16.7. The van der Waals surface area contributed by atoms with Gasteiger partial charge in [-0.05, 0) is 50.1 Å². The Kier molecular flexibility index (Phi) is 7.44. The zero-order chi connectivity index (χ0) is 18.3. The molecule has 1 aromatic rings. The van der Waals surface area contributed by atoms with Gasteiger partial charge in [0, 0.05) is 31.3 Å². The summed E-state index contributed by atoms with van der Waals surface area (Å²) in [5.41, 5.74) is 1.71. The van der Waals surface area contributed by atoms with E-state index < -0.39 is 0 Å². The van der Waals surface area contributed by atoms with Crippen LogP contribution in [0.3, 0.4) is 0 Å². The number of halogens is 1. The number of aryl methyl sites for hydroxylation is 1. The molecule has 25 heavy (non-hydrogen) atoms. The fraction of sp³-hybridized carbons (Fsp3) is 0.556. The molecule has 1 saturated heterocycles. The lowest BCUT2D eigenvalue weighted by Crippen LogP contribution is -2.44. The lowest BCUT2D eigenvalue weighted by molar-refractivity contribution is -0.116. The number of hydrogen-bond acceptors (Lipinski definition) is 3. The Morgan fingerprint density at radius 1 is 1.40 bits per heavy atom. The summed E-state index contributed by atoms with van der Waals surface area (Å²) in [5, 5.41) is 9.94. The van der Waals surface area contributed by atoms with Crippen molar-refractivity contribution < 1.29 is 4.79 Å². The van der Waals surface area contributed by atoms with Gasteiger partial charge in [0.2, 0.25) is 5.91 Å². The summed E-state index contributed by atoms with van der Waals surface area (Å²) in [6, 6.07) is 5.58. The molecule has 1 heterocycles. The minimum absolute atomic E-state index is 0.0768. The van der Waals surface area contributed by atoms with Crippen molar-refractivity contribution in [2.24, 2.45) is 4.99 Å². The summed E-state index contributed by atoms with van der Waals surface area (Å²) in [6.45, 7) is 5.63. The maximum absolute atomic E-state index is 12.1. The smallest absolute Gasteiger partial charge is 0.226 e. The van der Waals surface area contributed by atoms with E-state index in [1.165, 1.54) is 18.6 Å². The molecule has 0 radical (unpaired) electrons. The fourth-order valence-electron chi connectivity index (χ4n) is 2.70. The van der Waals surface area contributed by atoms with Crippen molar-refractivity contribution in [2.45, 2.75) is 37.9 Å². The molecule has 1 fully saturated rings. The Bertz CT molecular complexity index is 630. The van der Waals surface area contributed by atoms with Gasteiger partial charge >= 0.3 is 0 Å². The van der Waals surface area contributed by atoms with Crippen molar-refractivity contribution in [3.8, 4) is 0 Å². The average molecular weight is 383 g/mol. The van der Waals surface area contributed by atoms with Gasteiger partial charge in [-0.1, -0.05) is 17.7 Å². The van der Waals surface area contributed by atoms with Crippen molar-refractivity contribution in [3.05, 3.63) is 28.8 Å². The number of guanidine groups is 1. The SMILES string of the molecule is CN=C(NCCC(=O)Nc1ccc(C)cc1Cl)NCC1(C)CCCS1.